The van der Waals surface area contributed by atoms with Crippen LogP contribution in [0.15, 0.2) is 10.9 Å². The van der Waals surface area contributed by atoms with E-state index >= 15 is 0 Å². The molecule has 1 rings (SSSR count). The third kappa shape index (κ3) is 1.93. The molecule has 0 aliphatic carbocycles. The number of nitriles is 1. The summed E-state index contributed by atoms with van der Waals surface area (Å²) in [5.41, 5.74) is -2.10. The summed E-state index contributed by atoms with van der Waals surface area (Å²) in [7, 11) is 0. The van der Waals surface area contributed by atoms with Gasteiger partial charge in [0.05, 0.1) is 12.5 Å². The lowest BCUT2D eigenvalue weighted by molar-refractivity contribution is 0.149. The normalized spacial score (nSPS) is 10.2. The Morgan fingerprint density at radius 3 is 2.71 bits per heavy atom. The van der Waals surface area contributed by atoms with E-state index in [1.165, 1.54) is 0 Å². The monoisotopic (exact) mass is 202 g/mol. The average Bonchev–Trinajstić information content (AvgIpc) is 2.09. The fourth-order valence-corrected chi connectivity index (χ4v) is 1.03. The minimum atomic E-state index is -2.96. The first-order valence-electron chi connectivity index (χ1n) is 3.63. The Kier molecular flexibility index (Phi) is 2.92. The van der Waals surface area contributed by atoms with Gasteiger partial charge in [-0.1, -0.05) is 0 Å². The Balaban J connectivity index is 3.38. The van der Waals surface area contributed by atoms with E-state index in [0.29, 0.717) is 6.07 Å². The highest BCUT2D eigenvalue weighted by Gasteiger charge is 2.17. The second kappa shape index (κ2) is 3.96. The highest BCUT2D eigenvalue weighted by atomic mass is 19.3. The van der Waals surface area contributed by atoms with Crippen LogP contribution in [0.2, 0.25) is 0 Å². The van der Waals surface area contributed by atoms with Gasteiger partial charge >= 0.3 is 0 Å². The Bertz CT molecular complexity index is 433. The van der Waals surface area contributed by atoms with E-state index in [1.54, 1.807) is 11.1 Å². The lowest BCUT2D eigenvalue weighted by atomic mass is 10.1. The quantitative estimate of drug-likeness (QED) is 0.739. The van der Waals surface area contributed by atoms with Gasteiger partial charge < -0.3 is 0 Å². The number of nitrogens with zero attached hydrogens (tertiary/aromatic N) is 1. The van der Waals surface area contributed by atoms with E-state index in [2.05, 4.69) is 0 Å². The molecule has 1 aromatic heterocycles. The Morgan fingerprint density at radius 2 is 2.21 bits per heavy atom. The molecule has 1 aromatic rings. The fourth-order valence-electron chi connectivity index (χ4n) is 1.03. The van der Waals surface area contributed by atoms with E-state index in [4.69, 9.17) is 5.26 Å². The molecule has 0 bridgehead atoms. The number of hydrogen-bond acceptors (Lipinski definition) is 2. The molecular formula is C8H5F3N2O. The van der Waals surface area contributed by atoms with Crippen molar-refractivity contribution in [1.82, 2.24) is 4.98 Å². The summed E-state index contributed by atoms with van der Waals surface area (Å²) in [6, 6.07) is 2.09. The zero-order valence-corrected chi connectivity index (χ0v) is 6.85. The van der Waals surface area contributed by atoms with Gasteiger partial charge in [0.2, 0.25) is 0 Å². The molecule has 0 radical (unpaired) electrons. The van der Waals surface area contributed by atoms with Gasteiger partial charge in [-0.25, -0.2) is 8.78 Å². The zero-order chi connectivity index (χ0) is 10.7. The van der Waals surface area contributed by atoms with Crippen LogP contribution >= 0.6 is 0 Å². The minimum Gasteiger partial charge on any atom is -0.299 e. The molecule has 0 amide bonds. The van der Waals surface area contributed by atoms with Crippen molar-refractivity contribution in [2.45, 2.75) is 12.8 Å². The summed E-state index contributed by atoms with van der Waals surface area (Å²) in [6.07, 6.45) is -3.43. The molecule has 0 atom stereocenters. The molecule has 0 spiro atoms. The standard InChI is InChI=1S/C8H5F3N2O/c9-6-3-5(7(10)11)4(1-2-12)8(14)13-6/h3,7H,1H2,(H,13,14). The summed E-state index contributed by atoms with van der Waals surface area (Å²) in [6.45, 7) is 0. The number of rotatable bonds is 2. The van der Waals surface area contributed by atoms with E-state index in [0.717, 1.165) is 0 Å². The molecule has 0 aliphatic rings. The van der Waals surface area contributed by atoms with Crippen molar-refractivity contribution in [1.29, 1.82) is 5.26 Å². The maximum Gasteiger partial charge on any atom is 0.264 e. The van der Waals surface area contributed by atoms with Gasteiger partial charge in [-0.2, -0.15) is 9.65 Å². The summed E-state index contributed by atoms with van der Waals surface area (Å²) >= 11 is 0. The van der Waals surface area contributed by atoms with Gasteiger partial charge in [-0.3, -0.25) is 9.78 Å². The van der Waals surface area contributed by atoms with Crippen LogP contribution in [0.25, 0.3) is 0 Å². The minimum absolute atomic E-state index is 0.385. The van der Waals surface area contributed by atoms with Crippen LogP contribution in [0.1, 0.15) is 17.6 Å². The molecule has 3 nitrogen and oxygen atoms in total. The zero-order valence-electron chi connectivity index (χ0n) is 6.85. The first-order chi connectivity index (χ1) is 6.56. The predicted octanol–water partition coefficient (Wildman–Crippen LogP) is 1.52. The largest absolute Gasteiger partial charge is 0.299 e. The summed E-state index contributed by atoms with van der Waals surface area (Å²) in [5.74, 6) is -1.13. The van der Waals surface area contributed by atoms with Crippen molar-refractivity contribution in [3.8, 4) is 6.07 Å². The molecule has 0 unspecified atom stereocenters. The van der Waals surface area contributed by atoms with Crippen molar-refractivity contribution in [2.75, 3.05) is 0 Å². The Hall–Kier alpha value is -1.77. The smallest absolute Gasteiger partial charge is 0.264 e. The van der Waals surface area contributed by atoms with Gasteiger partial charge in [-0.05, 0) is 0 Å². The molecule has 0 fully saturated rings. The number of halogens is 3. The molecule has 6 heteroatoms. The number of pyridine rings is 1. The van der Waals surface area contributed by atoms with Crippen molar-refractivity contribution in [3.63, 3.8) is 0 Å². The SMILES string of the molecule is N#CCc1c(C(F)F)cc(F)[nH]c1=O. The number of aromatic nitrogens is 1. The van der Waals surface area contributed by atoms with Crippen LogP contribution in [0.5, 0.6) is 0 Å². The van der Waals surface area contributed by atoms with Crippen LogP contribution in [-0.4, -0.2) is 4.98 Å². The van der Waals surface area contributed by atoms with Gasteiger partial charge in [0.1, 0.15) is 0 Å². The van der Waals surface area contributed by atoms with E-state index < -0.39 is 29.9 Å². The molecule has 0 aromatic carbocycles. The number of nitrogens with one attached hydrogen (secondary N) is 1. The molecule has 0 aliphatic heterocycles. The maximum absolute atomic E-state index is 12.5. The summed E-state index contributed by atoms with van der Waals surface area (Å²) < 4.78 is 37.1. The lowest BCUT2D eigenvalue weighted by Gasteiger charge is -2.04. The molecular weight excluding hydrogens is 197 g/mol. The maximum atomic E-state index is 12.5. The average molecular weight is 202 g/mol. The van der Waals surface area contributed by atoms with Crippen LogP contribution in [0.4, 0.5) is 13.2 Å². The molecule has 74 valence electrons. The van der Waals surface area contributed by atoms with Crippen molar-refractivity contribution >= 4 is 0 Å². The molecule has 1 heterocycles. The van der Waals surface area contributed by atoms with E-state index in [9.17, 15) is 18.0 Å². The summed E-state index contributed by atoms with van der Waals surface area (Å²) in [5, 5.41) is 8.28. The van der Waals surface area contributed by atoms with Gasteiger partial charge in [0.15, 0.2) is 5.95 Å². The first kappa shape index (κ1) is 10.3. The van der Waals surface area contributed by atoms with Crippen LogP contribution < -0.4 is 5.56 Å². The highest BCUT2D eigenvalue weighted by Crippen LogP contribution is 2.21. The van der Waals surface area contributed by atoms with Crippen LogP contribution in [0.3, 0.4) is 0 Å². The first-order valence-corrected chi connectivity index (χ1v) is 3.63. The molecule has 0 saturated carbocycles. The van der Waals surface area contributed by atoms with E-state index in [-0.39, 0.29) is 5.56 Å². The molecule has 1 N–H and O–H groups in total. The number of H-pyrrole nitrogens is 1. The second-order valence-electron chi connectivity index (χ2n) is 2.52. The lowest BCUT2D eigenvalue weighted by Crippen LogP contribution is -2.17. The van der Waals surface area contributed by atoms with E-state index in [1.807, 2.05) is 0 Å². The van der Waals surface area contributed by atoms with Crippen molar-refractivity contribution in [3.05, 3.63) is 33.5 Å². The van der Waals surface area contributed by atoms with Crippen LogP contribution in [0, 0.1) is 17.3 Å². The Labute approximate surface area is 76.8 Å². The molecule has 14 heavy (non-hydrogen) atoms. The highest BCUT2D eigenvalue weighted by molar-refractivity contribution is 5.27. The topological polar surface area (TPSA) is 56.6 Å². The summed E-state index contributed by atoms with van der Waals surface area (Å²) in [4.78, 5) is 12.7. The third-order valence-corrected chi connectivity index (χ3v) is 1.63. The van der Waals surface area contributed by atoms with Gasteiger partial charge in [0.25, 0.3) is 12.0 Å². The second-order valence-corrected chi connectivity index (χ2v) is 2.52. The van der Waals surface area contributed by atoms with Gasteiger partial charge in [-0.15, -0.1) is 0 Å². The predicted molar refractivity (Wildman–Crippen MR) is 41.3 cm³/mol. The Morgan fingerprint density at radius 1 is 1.57 bits per heavy atom. The van der Waals surface area contributed by atoms with Crippen molar-refractivity contribution < 1.29 is 13.2 Å². The fraction of sp³-hybridized carbons (Fsp3) is 0.250. The van der Waals surface area contributed by atoms with Crippen molar-refractivity contribution in [2.24, 2.45) is 0 Å². The third-order valence-electron chi connectivity index (χ3n) is 1.63. The van der Waals surface area contributed by atoms with Gasteiger partial charge in [0, 0.05) is 17.2 Å². The molecule has 0 saturated heterocycles. The number of aromatic amines is 1. The number of alkyl halides is 2. The van der Waals surface area contributed by atoms with Crippen LogP contribution in [-0.2, 0) is 6.42 Å². The number of hydrogen-bond donors (Lipinski definition) is 1.